The molecule has 1 N–H and O–H groups in total. The summed E-state index contributed by atoms with van der Waals surface area (Å²) in [7, 11) is 1.61. The van der Waals surface area contributed by atoms with Crippen molar-refractivity contribution in [3.05, 3.63) is 94.0 Å². The molecule has 148 valence electrons. The first-order chi connectivity index (χ1) is 14.1. The number of nitrogens with zero attached hydrogens (tertiary/aromatic N) is 1. The van der Waals surface area contributed by atoms with Gasteiger partial charge in [0.2, 0.25) is 5.91 Å². The van der Waals surface area contributed by atoms with Gasteiger partial charge in [-0.2, -0.15) is 5.10 Å². The van der Waals surface area contributed by atoms with Crippen LogP contribution in [0.1, 0.15) is 16.7 Å². The Morgan fingerprint density at radius 1 is 0.931 bits per heavy atom. The highest BCUT2D eigenvalue weighted by Crippen LogP contribution is 2.15. The number of methoxy groups -OCH3 is 1. The first kappa shape index (κ1) is 20.6. The lowest BCUT2D eigenvalue weighted by Crippen LogP contribution is -2.19. The van der Waals surface area contributed by atoms with E-state index in [4.69, 9.17) is 9.47 Å². The zero-order valence-corrected chi connectivity index (χ0v) is 17.6. The number of hydrazone groups is 1. The molecule has 3 rings (SSSR count). The van der Waals surface area contributed by atoms with E-state index in [1.165, 1.54) is 0 Å². The largest absolute Gasteiger partial charge is 0.497 e. The number of carbonyl (C=O) groups excluding carboxylic acids is 1. The van der Waals surface area contributed by atoms with Crippen molar-refractivity contribution < 1.29 is 14.3 Å². The molecule has 3 aromatic carbocycles. The Balaban J connectivity index is 1.45. The predicted octanol–water partition coefficient (Wildman–Crippen LogP) is 4.73. The van der Waals surface area contributed by atoms with Crippen molar-refractivity contribution in [1.82, 2.24) is 5.43 Å². The second kappa shape index (κ2) is 10.4. The SMILES string of the molecule is COc1ccc(CC(=O)N/N=C/c2ccc(OCc3ccc(Br)cc3)cc2)cc1. The van der Waals surface area contributed by atoms with Crippen LogP contribution in [0.4, 0.5) is 0 Å². The van der Waals surface area contributed by atoms with Crippen LogP contribution >= 0.6 is 15.9 Å². The molecule has 0 aliphatic rings. The summed E-state index contributed by atoms with van der Waals surface area (Å²) in [5.74, 6) is 1.35. The van der Waals surface area contributed by atoms with Crippen LogP contribution in [0.2, 0.25) is 0 Å². The summed E-state index contributed by atoms with van der Waals surface area (Å²) in [5, 5.41) is 4.01. The number of amides is 1. The molecule has 1 amide bonds. The van der Waals surface area contributed by atoms with Crippen LogP contribution < -0.4 is 14.9 Å². The van der Waals surface area contributed by atoms with Gasteiger partial charge in [-0.15, -0.1) is 0 Å². The van der Waals surface area contributed by atoms with Crippen molar-refractivity contribution in [3.63, 3.8) is 0 Å². The zero-order chi connectivity index (χ0) is 20.5. The highest BCUT2D eigenvalue weighted by Gasteiger charge is 2.02. The lowest BCUT2D eigenvalue weighted by molar-refractivity contribution is -0.120. The molecule has 0 radical (unpaired) electrons. The summed E-state index contributed by atoms with van der Waals surface area (Å²) >= 11 is 3.42. The molecule has 5 nitrogen and oxygen atoms in total. The van der Waals surface area contributed by atoms with E-state index in [9.17, 15) is 4.79 Å². The third-order valence-corrected chi connectivity index (χ3v) is 4.65. The summed E-state index contributed by atoms with van der Waals surface area (Å²) in [6.07, 6.45) is 1.86. The predicted molar refractivity (Wildman–Crippen MR) is 117 cm³/mol. The molecule has 0 unspecified atom stereocenters. The molecular weight excluding hydrogens is 432 g/mol. The molecule has 0 aliphatic heterocycles. The lowest BCUT2D eigenvalue weighted by atomic mass is 10.1. The maximum atomic E-state index is 12.0. The van der Waals surface area contributed by atoms with Gasteiger partial charge in [-0.3, -0.25) is 4.79 Å². The normalized spacial score (nSPS) is 10.7. The molecule has 0 saturated heterocycles. The Labute approximate surface area is 178 Å². The van der Waals surface area contributed by atoms with Crippen molar-refractivity contribution in [2.45, 2.75) is 13.0 Å². The van der Waals surface area contributed by atoms with Crippen molar-refractivity contribution in [1.29, 1.82) is 0 Å². The molecule has 3 aromatic rings. The topological polar surface area (TPSA) is 59.9 Å². The van der Waals surface area contributed by atoms with Gasteiger partial charge in [0.25, 0.3) is 0 Å². The van der Waals surface area contributed by atoms with E-state index >= 15 is 0 Å². The maximum absolute atomic E-state index is 12.0. The maximum Gasteiger partial charge on any atom is 0.244 e. The third kappa shape index (κ3) is 6.76. The summed E-state index contributed by atoms with van der Waals surface area (Å²) in [6, 6.07) is 22.9. The lowest BCUT2D eigenvalue weighted by Gasteiger charge is -2.06. The van der Waals surface area contributed by atoms with Gasteiger partial charge in [0.15, 0.2) is 0 Å². The van der Waals surface area contributed by atoms with Crippen LogP contribution in [0.15, 0.2) is 82.4 Å². The molecule has 6 heteroatoms. The second-order valence-electron chi connectivity index (χ2n) is 6.30. The van der Waals surface area contributed by atoms with E-state index in [1.54, 1.807) is 13.3 Å². The Kier molecular flexibility index (Phi) is 7.41. The third-order valence-electron chi connectivity index (χ3n) is 4.13. The Bertz CT molecular complexity index is 953. The second-order valence-corrected chi connectivity index (χ2v) is 7.22. The van der Waals surface area contributed by atoms with Gasteiger partial charge in [-0.25, -0.2) is 5.43 Å². The smallest absolute Gasteiger partial charge is 0.244 e. The summed E-state index contributed by atoms with van der Waals surface area (Å²) < 4.78 is 11.9. The van der Waals surface area contributed by atoms with Crippen molar-refractivity contribution in [2.24, 2.45) is 5.10 Å². The average molecular weight is 453 g/mol. The first-order valence-electron chi connectivity index (χ1n) is 9.04. The van der Waals surface area contributed by atoms with Crippen molar-refractivity contribution in [3.8, 4) is 11.5 Å². The summed E-state index contributed by atoms with van der Waals surface area (Å²) in [5.41, 5.74) is 5.39. The minimum Gasteiger partial charge on any atom is -0.497 e. The van der Waals surface area contributed by atoms with Crippen molar-refractivity contribution >= 4 is 28.1 Å². The number of rotatable bonds is 8. The molecule has 0 atom stereocenters. The van der Waals surface area contributed by atoms with Crippen LogP contribution in [0.5, 0.6) is 11.5 Å². The first-order valence-corrected chi connectivity index (χ1v) is 9.84. The van der Waals surface area contributed by atoms with Gasteiger partial charge in [0, 0.05) is 4.47 Å². The quantitative estimate of drug-likeness (QED) is 0.396. The fraction of sp³-hybridized carbons (Fsp3) is 0.130. The Morgan fingerprint density at radius 3 is 2.21 bits per heavy atom. The summed E-state index contributed by atoms with van der Waals surface area (Å²) in [4.78, 5) is 12.0. The number of carbonyl (C=O) groups is 1. The van der Waals surface area contributed by atoms with E-state index in [-0.39, 0.29) is 12.3 Å². The summed E-state index contributed by atoms with van der Waals surface area (Å²) in [6.45, 7) is 0.502. The molecule has 0 aromatic heterocycles. The Hall–Kier alpha value is -3.12. The standard InChI is InChI=1S/C23H21BrN2O3/c1-28-21-10-4-17(5-11-21)14-23(27)26-25-15-18-6-12-22(13-7-18)29-16-19-2-8-20(24)9-3-19/h2-13,15H,14,16H2,1H3,(H,26,27)/b25-15+. The molecule has 0 heterocycles. The number of ether oxygens (including phenoxy) is 2. The van der Waals surface area contributed by atoms with Crippen LogP contribution in [0.3, 0.4) is 0 Å². The molecule has 0 fully saturated rings. The van der Waals surface area contributed by atoms with Crippen LogP contribution in [0, 0.1) is 0 Å². The van der Waals surface area contributed by atoms with Gasteiger partial charge in [0.1, 0.15) is 18.1 Å². The highest BCUT2D eigenvalue weighted by molar-refractivity contribution is 9.10. The van der Waals surface area contributed by atoms with E-state index in [2.05, 4.69) is 26.5 Å². The molecule has 0 saturated carbocycles. The number of halogens is 1. The van der Waals surface area contributed by atoms with Gasteiger partial charge in [0.05, 0.1) is 19.7 Å². The molecule has 0 aliphatic carbocycles. The van der Waals surface area contributed by atoms with Crippen LogP contribution in [0.25, 0.3) is 0 Å². The number of hydrogen-bond donors (Lipinski definition) is 1. The Morgan fingerprint density at radius 2 is 1.55 bits per heavy atom. The van der Waals surface area contributed by atoms with Gasteiger partial charge in [-0.1, -0.05) is 40.2 Å². The highest BCUT2D eigenvalue weighted by atomic mass is 79.9. The van der Waals surface area contributed by atoms with Gasteiger partial charge in [-0.05, 0) is 65.2 Å². The van der Waals surface area contributed by atoms with Crippen molar-refractivity contribution in [2.75, 3.05) is 7.11 Å². The van der Waals surface area contributed by atoms with Crippen LogP contribution in [-0.4, -0.2) is 19.2 Å². The molecular formula is C23H21BrN2O3. The minimum atomic E-state index is -0.180. The zero-order valence-electron chi connectivity index (χ0n) is 16.0. The monoisotopic (exact) mass is 452 g/mol. The molecule has 0 spiro atoms. The van der Waals surface area contributed by atoms with Gasteiger partial charge < -0.3 is 9.47 Å². The number of benzene rings is 3. The minimum absolute atomic E-state index is 0.180. The fourth-order valence-electron chi connectivity index (χ4n) is 2.54. The number of hydrogen-bond acceptors (Lipinski definition) is 4. The molecule has 0 bridgehead atoms. The average Bonchev–Trinajstić information content (AvgIpc) is 2.75. The van der Waals surface area contributed by atoms with E-state index in [0.29, 0.717) is 6.61 Å². The van der Waals surface area contributed by atoms with E-state index in [1.807, 2.05) is 72.8 Å². The van der Waals surface area contributed by atoms with Crippen LogP contribution in [-0.2, 0) is 17.8 Å². The van der Waals surface area contributed by atoms with E-state index in [0.717, 1.165) is 32.7 Å². The van der Waals surface area contributed by atoms with Gasteiger partial charge >= 0.3 is 0 Å². The number of nitrogens with one attached hydrogen (secondary N) is 1. The fourth-order valence-corrected chi connectivity index (χ4v) is 2.81. The van der Waals surface area contributed by atoms with E-state index < -0.39 is 0 Å². The molecule has 29 heavy (non-hydrogen) atoms.